The lowest BCUT2D eigenvalue weighted by Crippen LogP contribution is -2.30. The number of nitrogens with zero attached hydrogens (tertiary/aromatic N) is 3. The SMILES string of the molecule is O=C(Nc1ccnn1Cc1cccc(Cl)c1)C1CC(=O)N(CCc2ccccc2)C1. The van der Waals surface area contributed by atoms with Crippen LogP contribution in [0.2, 0.25) is 5.02 Å². The topological polar surface area (TPSA) is 67.2 Å². The van der Waals surface area contributed by atoms with Gasteiger partial charge in [0.15, 0.2) is 0 Å². The predicted molar refractivity (Wildman–Crippen MR) is 116 cm³/mol. The first-order valence-electron chi connectivity index (χ1n) is 9.97. The van der Waals surface area contributed by atoms with E-state index in [-0.39, 0.29) is 24.2 Å². The minimum absolute atomic E-state index is 0.0264. The molecule has 1 fully saturated rings. The normalized spacial score (nSPS) is 16.1. The fourth-order valence-corrected chi connectivity index (χ4v) is 3.89. The zero-order valence-electron chi connectivity index (χ0n) is 16.5. The summed E-state index contributed by atoms with van der Waals surface area (Å²) in [6.07, 6.45) is 2.67. The first kappa shape index (κ1) is 20.2. The van der Waals surface area contributed by atoms with Crippen molar-refractivity contribution < 1.29 is 9.59 Å². The van der Waals surface area contributed by atoms with Crippen LogP contribution in [-0.4, -0.2) is 39.6 Å². The molecule has 1 aromatic heterocycles. The smallest absolute Gasteiger partial charge is 0.230 e. The molecule has 0 spiro atoms. The Kier molecular flexibility index (Phi) is 6.14. The molecule has 3 aromatic rings. The average molecular weight is 423 g/mol. The van der Waals surface area contributed by atoms with Gasteiger partial charge in [-0.3, -0.25) is 9.59 Å². The highest BCUT2D eigenvalue weighted by Crippen LogP contribution is 2.21. The molecule has 0 saturated carbocycles. The van der Waals surface area contributed by atoms with Gasteiger partial charge in [-0.05, 0) is 29.7 Å². The fraction of sp³-hybridized carbons (Fsp3) is 0.261. The first-order valence-corrected chi connectivity index (χ1v) is 10.3. The molecule has 1 unspecified atom stereocenters. The van der Waals surface area contributed by atoms with E-state index in [0.717, 1.165) is 12.0 Å². The summed E-state index contributed by atoms with van der Waals surface area (Å²) in [5.74, 6) is 0.120. The van der Waals surface area contributed by atoms with Gasteiger partial charge in [0.05, 0.1) is 18.7 Å². The molecule has 1 N–H and O–H groups in total. The standard InChI is InChI=1S/C23H23ClN4O2/c24-20-8-4-7-18(13-20)15-28-21(9-11-25-28)26-23(30)19-14-22(29)27(16-19)12-10-17-5-2-1-3-6-17/h1-9,11,13,19H,10,12,14-16H2,(H,26,30). The van der Waals surface area contributed by atoms with Crippen molar-refractivity contribution in [3.05, 3.63) is 83.0 Å². The molecule has 1 atom stereocenters. The third-order valence-corrected chi connectivity index (χ3v) is 5.52. The Hall–Kier alpha value is -3.12. The van der Waals surface area contributed by atoms with Crippen LogP contribution in [0.5, 0.6) is 0 Å². The summed E-state index contributed by atoms with van der Waals surface area (Å²) >= 11 is 6.05. The minimum atomic E-state index is -0.359. The molecular formula is C23H23ClN4O2. The third-order valence-electron chi connectivity index (χ3n) is 5.29. The molecule has 2 aromatic carbocycles. The molecule has 154 valence electrons. The Balaban J connectivity index is 1.34. The van der Waals surface area contributed by atoms with Crippen LogP contribution in [0.3, 0.4) is 0 Å². The molecular weight excluding hydrogens is 400 g/mol. The van der Waals surface area contributed by atoms with Crippen molar-refractivity contribution in [2.45, 2.75) is 19.4 Å². The Labute approximate surface area is 180 Å². The molecule has 2 amide bonds. The number of aromatic nitrogens is 2. The largest absolute Gasteiger partial charge is 0.342 e. The maximum atomic E-state index is 12.8. The van der Waals surface area contributed by atoms with Gasteiger partial charge >= 0.3 is 0 Å². The monoisotopic (exact) mass is 422 g/mol. The van der Waals surface area contributed by atoms with Gasteiger partial charge in [0.25, 0.3) is 0 Å². The second-order valence-corrected chi connectivity index (χ2v) is 7.91. The van der Waals surface area contributed by atoms with Crippen LogP contribution in [0.1, 0.15) is 17.5 Å². The number of hydrogen-bond acceptors (Lipinski definition) is 3. The number of benzene rings is 2. The van der Waals surface area contributed by atoms with Crippen LogP contribution in [-0.2, 0) is 22.6 Å². The van der Waals surface area contributed by atoms with Gasteiger partial charge in [-0.25, -0.2) is 4.68 Å². The van der Waals surface area contributed by atoms with E-state index in [1.165, 1.54) is 5.56 Å². The lowest BCUT2D eigenvalue weighted by Gasteiger charge is -2.17. The van der Waals surface area contributed by atoms with Crippen LogP contribution >= 0.6 is 11.6 Å². The summed E-state index contributed by atoms with van der Waals surface area (Å²) in [5, 5.41) is 7.88. The van der Waals surface area contributed by atoms with Crippen molar-refractivity contribution in [3.8, 4) is 0 Å². The Morgan fingerprint density at radius 3 is 2.70 bits per heavy atom. The average Bonchev–Trinajstić information content (AvgIpc) is 3.33. The molecule has 0 aliphatic carbocycles. The second kappa shape index (κ2) is 9.13. The van der Waals surface area contributed by atoms with E-state index in [4.69, 9.17) is 11.6 Å². The maximum Gasteiger partial charge on any atom is 0.230 e. The van der Waals surface area contributed by atoms with Gasteiger partial charge in [0.1, 0.15) is 5.82 Å². The maximum absolute atomic E-state index is 12.8. The van der Waals surface area contributed by atoms with Gasteiger partial charge in [-0.2, -0.15) is 5.10 Å². The molecule has 30 heavy (non-hydrogen) atoms. The van der Waals surface area contributed by atoms with E-state index >= 15 is 0 Å². The second-order valence-electron chi connectivity index (χ2n) is 7.47. The van der Waals surface area contributed by atoms with Crippen LogP contribution in [0.4, 0.5) is 5.82 Å². The van der Waals surface area contributed by atoms with E-state index in [2.05, 4.69) is 10.4 Å². The van der Waals surface area contributed by atoms with Gasteiger partial charge in [-0.15, -0.1) is 0 Å². The van der Waals surface area contributed by atoms with E-state index in [0.29, 0.717) is 30.5 Å². The lowest BCUT2D eigenvalue weighted by atomic mass is 10.1. The quantitative estimate of drug-likeness (QED) is 0.632. The molecule has 0 radical (unpaired) electrons. The number of likely N-dealkylation sites (tertiary alicyclic amines) is 1. The van der Waals surface area contributed by atoms with E-state index in [1.807, 2.05) is 54.6 Å². The number of nitrogens with one attached hydrogen (secondary N) is 1. The molecule has 1 aliphatic heterocycles. The van der Waals surface area contributed by atoms with Crippen molar-refractivity contribution in [2.24, 2.45) is 5.92 Å². The Morgan fingerprint density at radius 2 is 1.90 bits per heavy atom. The number of rotatable bonds is 7. The number of carbonyl (C=O) groups excluding carboxylic acids is 2. The summed E-state index contributed by atoms with van der Waals surface area (Å²) in [6, 6.07) is 19.3. The van der Waals surface area contributed by atoms with Gasteiger partial charge in [0.2, 0.25) is 11.8 Å². The van der Waals surface area contributed by atoms with Crippen LogP contribution in [0, 0.1) is 5.92 Å². The summed E-state index contributed by atoms with van der Waals surface area (Å²) in [5.41, 5.74) is 2.17. The Bertz CT molecular complexity index is 1030. The van der Waals surface area contributed by atoms with Crippen LogP contribution < -0.4 is 5.32 Å². The molecule has 7 heteroatoms. The summed E-state index contributed by atoms with van der Waals surface area (Å²) in [4.78, 5) is 26.9. The molecule has 1 aliphatic rings. The van der Waals surface area contributed by atoms with Crippen molar-refractivity contribution in [1.82, 2.24) is 14.7 Å². The number of halogens is 1. The number of anilines is 1. The number of carbonyl (C=O) groups is 2. The van der Waals surface area contributed by atoms with Crippen molar-refractivity contribution in [1.29, 1.82) is 0 Å². The molecule has 6 nitrogen and oxygen atoms in total. The highest BCUT2D eigenvalue weighted by atomic mass is 35.5. The molecule has 2 heterocycles. The zero-order valence-corrected chi connectivity index (χ0v) is 17.3. The van der Waals surface area contributed by atoms with Gasteiger partial charge in [-0.1, -0.05) is 54.1 Å². The zero-order chi connectivity index (χ0) is 20.9. The van der Waals surface area contributed by atoms with Gasteiger partial charge in [0, 0.05) is 30.6 Å². The Morgan fingerprint density at radius 1 is 1.10 bits per heavy atom. The van der Waals surface area contributed by atoms with Crippen molar-refractivity contribution in [3.63, 3.8) is 0 Å². The highest BCUT2D eigenvalue weighted by Gasteiger charge is 2.34. The van der Waals surface area contributed by atoms with Gasteiger partial charge < -0.3 is 10.2 Å². The van der Waals surface area contributed by atoms with Crippen LogP contribution in [0.25, 0.3) is 0 Å². The van der Waals surface area contributed by atoms with Crippen molar-refractivity contribution in [2.75, 3.05) is 18.4 Å². The third kappa shape index (κ3) is 4.89. The summed E-state index contributed by atoms with van der Waals surface area (Å²) in [6.45, 7) is 1.56. The van der Waals surface area contributed by atoms with E-state index in [1.54, 1.807) is 21.8 Å². The summed E-state index contributed by atoms with van der Waals surface area (Å²) < 4.78 is 1.72. The van der Waals surface area contributed by atoms with E-state index < -0.39 is 0 Å². The number of hydrogen-bond donors (Lipinski definition) is 1. The van der Waals surface area contributed by atoms with Crippen LogP contribution in [0.15, 0.2) is 66.9 Å². The van der Waals surface area contributed by atoms with E-state index in [9.17, 15) is 9.59 Å². The number of amides is 2. The minimum Gasteiger partial charge on any atom is -0.342 e. The molecule has 0 bridgehead atoms. The fourth-order valence-electron chi connectivity index (χ4n) is 3.67. The predicted octanol–water partition coefficient (Wildman–Crippen LogP) is 3.61. The van der Waals surface area contributed by atoms with Crippen molar-refractivity contribution >= 4 is 29.2 Å². The molecule has 1 saturated heterocycles. The summed E-state index contributed by atoms with van der Waals surface area (Å²) in [7, 11) is 0. The first-order chi connectivity index (χ1) is 14.6. The lowest BCUT2D eigenvalue weighted by molar-refractivity contribution is -0.128. The molecule has 4 rings (SSSR count). The highest BCUT2D eigenvalue weighted by molar-refractivity contribution is 6.30.